The molecule has 6 heteroatoms. The fourth-order valence-electron chi connectivity index (χ4n) is 2.19. The molecule has 2 atom stereocenters. The molecule has 116 valence electrons. The lowest BCUT2D eigenvalue weighted by Crippen LogP contribution is -2.36. The number of hydrogen-bond donors (Lipinski definition) is 3. The van der Waals surface area contributed by atoms with Gasteiger partial charge in [-0.2, -0.15) is 0 Å². The summed E-state index contributed by atoms with van der Waals surface area (Å²) in [6, 6.07) is 3.14. The summed E-state index contributed by atoms with van der Waals surface area (Å²) in [7, 11) is 0. The van der Waals surface area contributed by atoms with E-state index in [1.54, 1.807) is 0 Å². The standard InChI is InChI=1S/C16H17FN2O3/c1-2-7-22-15-6-4-12(17)9-14(15)19-16(21)18-13-5-3-11(8-13)10-20/h1,3-6,9,11,13,20H,7-8,10H2,(H2,18,19,21)/t11-,13+/m0/s1. The Kier molecular flexibility index (Phi) is 5.39. The quantitative estimate of drug-likeness (QED) is 0.575. The van der Waals surface area contributed by atoms with Gasteiger partial charge in [0.05, 0.1) is 5.69 Å². The number of hydrogen-bond acceptors (Lipinski definition) is 3. The van der Waals surface area contributed by atoms with E-state index in [0.29, 0.717) is 12.2 Å². The van der Waals surface area contributed by atoms with Gasteiger partial charge in [0, 0.05) is 24.6 Å². The molecule has 22 heavy (non-hydrogen) atoms. The van der Waals surface area contributed by atoms with Gasteiger partial charge >= 0.3 is 6.03 Å². The molecule has 2 amide bonds. The fraction of sp³-hybridized carbons (Fsp3) is 0.312. The first-order valence-electron chi connectivity index (χ1n) is 6.85. The zero-order valence-electron chi connectivity index (χ0n) is 11.9. The number of nitrogens with one attached hydrogen (secondary N) is 2. The lowest BCUT2D eigenvalue weighted by Gasteiger charge is -2.15. The topological polar surface area (TPSA) is 70.6 Å². The Hall–Kier alpha value is -2.52. The number of anilines is 1. The first kappa shape index (κ1) is 15.9. The Labute approximate surface area is 128 Å². The predicted octanol–water partition coefficient (Wildman–Crippen LogP) is 1.90. The number of ether oxygens (including phenoxy) is 1. The third-order valence-electron chi connectivity index (χ3n) is 3.22. The number of amides is 2. The van der Waals surface area contributed by atoms with E-state index in [9.17, 15) is 9.18 Å². The van der Waals surface area contributed by atoms with Crippen LogP contribution in [0.2, 0.25) is 0 Å². The number of aliphatic hydroxyl groups is 1. The van der Waals surface area contributed by atoms with Crippen LogP contribution < -0.4 is 15.4 Å². The monoisotopic (exact) mass is 304 g/mol. The number of terminal acetylenes is 1. The Morgan fingerprint density at radius 3 is 3.00 bits per heavy atom. The van der Waals surface area contributed by atoms with Gasteiger partial charge in [0.25, 0.3) is 0 Å². The lowest BCUT2D eigenvalue weighted by atomic mass is 10.1. The number of aliphatic hydroxyl groups excluding tert-OH is 1. The van der Waals surface area contributed by atoms with Gasteiger partial charge in [0.15, 0.2) is 0 Å². The maximum atomic E-state index is 13.3. The van der Waals surface area contributed by atoms with E-state index < -0.39 is 11.8 Å². The van der Waals surface area contributed by atoms with Crippen LogP contribution >= 0.6 is 0 Å². The van der Waals surface area contributed by atoms with Crippen molar-refractivity contribution in [1.82, 2.24) is 5.32 Å². The molecule has 1 aromatic rings. The van der Waals surface area contributed by atoms with E-state index >= 15 is 0 Å². The minimum absolute atomic E-state index is 0.0193. The molecule has 0 saturated carbocycles. The van der Waals surface area contributed by atoms with Gasteiger partial charge in [-0.1, -0.05) is 18.1 Å². The summed E-state index contributed by atoms with van der Waals surface area (Å²) in [6.07, 6.45) is 9.43. The van der Waals surface area contributed by atoms with Crippen LogP contribution in [0, 0.1) is 24.1 Å². The SMILES string of the molecule is C#CCOc1ccc(F)cc1NC(=O)N[C@@H]1C=C[C@H](CO)C1. The average molecular weight is 304 g/mol. The minimum Gasteiger partial charge on any atom is -0.479 e. The number of benzene rings is 1. The Morgan fingerprint density at radius 1 is 1.50 bits per heavy atom. The molecule has 0 aliphatic heterocycles. The molecule has 0 saturated heterocycles. The van der Waals surface area contributed by atoms with Gasteiger partial charge in [-0.05, 0) is 18.6 Å². The average Bonchev–Trinajstić information content (AvgIpc) is 2.94. The number of halogens is 1. The summed E-state index contributed by atoms with van der Waals surface area (Å²) in [4.78, 5) is 12.0. The molecule has 2 rings (SSSR count). The van der Waals surface area contributed by atoms with Gasteiger partial charge in [-0.15, -0.1) is 6.42 Å². The maximum Gasteiger partial charge on any atom is 0.319 e. The summed E-state index contributed by atoms with van der Waals surface area (Å²) in [6.45, 7) is 0.0652. The molecule has 0 spiro atoms. The van der Waals surface area contributed by atoms with Crippen molar-refractivity contribution in [3.63, 3.8) is 0 Å². The molecule has 1 aliphatic rings. The second-order valence-corrected chi connectivity index (χ2v) is 4.90. The number of carbonyl (C=O) groups excluding carboxylic acids is 1. The molecule has 3 N–H and O–H groups in total. The highest BCUT2D eigenvalue weighted by Crippen LogP contribution is 2.25. The molecule has 1 aromatic carbocycles. The summed E-state index contributed by atoms with van der Waals surface area (Å²) in [5, 5.41) is 14.3. The predicted molar refractivity (Wildman–Crippen MR) is 81.0 cm³/mol. The Bertz CT molecular complexity index is 610. The Balaban J connectivity index is 1.97. The first-order chi connectivity index (χ1) is 10.6. The third-order valence-corrected chi connectivity index (χ3v) is 3.22. The van der Waals surface area contributed by atoms with E-state index in [2.05, 4.69) is 16.6 Å². The van der Waals surface area contributed by atoms with Crippen molar-refractivity contribution in [3.8, 4) is 18.1 Å². The van der Waals surface area contributed by atoms with E-state index in [0.717, 1.165) is 6.07 Å². The van der Waals surface area contributed by atoms with Crippen molar-refractivity contribution in [2.75, 3.05) is 18.5 Å². The largest absolute Gasteiger partial charge is 0.479 e. The first-order valence-corrected chi connectivity index (χ1v) is 6.85. The van der Waals surface area contributed by atoms with Crippen LogP contribution in [0.15, 0.2) is 30.4 Å². The van der Waals surface area contributed by atoms with Crippen LogP contribution in [0.5, 0.6) is 5.75 Å². The van der Waals surface area contributed by atoms with E-state index in [4.69, 9.17) is 16.3 Å². The van der Waals surface area contributed by atoms with Crippen molar-refractivity contribution in [2.24, 2.45) is 5.92 Å². The highest BCUT2D eigenvalue weighted by molar-refractivity contribution is 5.91. The second-order valence-electron chi connectivity index (χ2n) is 4.90. The Morgan fingerprint density at radius 2 is 2.32 bits per heavy atom. The normalized spacial score (nSPS) is 19.5. The van der Waals surface area contributed by atoms with E-state index in [1.807, 2.05) is 12.2 Å². The van der Waals surface area contributed by atoms with Crippen LogP contribution in [-0.4, -0.2) is 30.4 Å². The van der Waals surface area contributed by atoms with Gasteiger partial charge in [0.1, 0.15) is 18.2 Å². The number of rotatable bonds is 5. The van der Waals surface area contributed by atoms with Crippen LogP contribution in [0.4, 0.5) is 14.9 Å². The van der Waals surface area contributed by atoms with Crippen molar-refractivity contribution in [3.05, 3.63) is 36.2 Å². The van der Waals surface area contributed by atoms with Crippen molar-refractivity contribution >= 4 is 11.7 Å². The molecule has 1 aliphatic carbocycles. The van der Waals surface area contributed by atoms with Gasteiger partial charge in [-0.3, -0.25) is 0 Å². The summed E-state index contributed by atoms with van der Waals surface area (Å²) in [5.74, 6) is 2.15. The number of carbonyl (C=O) groups is 1. The summed E-state index contributed by atoms with van der Waals surface area (Å²) < 4.78 is 18.6. The molecule has 0 aromatic heterocycles. The van der Waals surface area contributed by atoms with Crippen molar-refractivity contribution < 1.29 is 19.0 Å². The van der Waals surface area contributed by atoms with Gasteiger partial charge in [-0.25, -0.2) is 9.18 Å². The van der Waals surface area contributed by atoms with Gasteiger partial charge in [0.2, 0.25) is 0 Å². The van der Waals surface area contributed by atoms with E-state index in [-0.39, 0.29) is 30.9 Å². The zero-order valence-corrected chi connectivity index (χ0v) is 11.9. The summed E-state index contributed by atoms with van der Waals surface area (Å²) >= 11 is 0. The summed E-state index contributed by atoms with van der Waals surface area (Å²) in [5.41, 5.74) is 0.202. The molecule has 0 radical (unpaired) electrons. The minimum atomic E-state index is -0.496. The molecule has 0 fully saturated rings. The second kappa shape index (κ2) is 7.48. The molecule has 0 bridgehead atoms. The van der Waals surface area contributed by atoms with Crippen LogP contribution in [0.25, 0.3) is 0 Å². The maximum absolute atomic E-state index is 13.3. The van der Waals surface area contributed by atoms with Crippen LogP contribution in [0.1, 0.15) is 6.42 Å². The smallest absolute Gasteiger partial charge is 0.319 e. The van der Waals surface area contributed by atoms with Crippen molar-refractivity contribution in [1.29, 1.82) is 0 Å². The van der Waals surface area contributed by atoms with Crippen molar-refractivity contribution in [2.45, 2.75) is 12.5 Å². The van der Waals surface area contributed by atoms with Crippen LogP contribution in [0.3, 0.4) is 0 Å². The highest BCUT2D eigenvalue weighted by Gasteiger charge is 2.20. The molecule has 5 nitrogen and oxygen atoms in total. The molecule has 0 unspecified atom stereocenters. The third kappa shape index (κ3) is 4.24. The van der Waals surface area contributed by atoms with Crippen LogP contribution in [-0.2, 0) is 0 Å². The highest BCUT2D eigenvalue weighted by atomic mass is 19.1. The fourth-order valence-corrected chi connectivity index (χ4v) is 2.19. The lowest BCUT2D eigenvalue weighted by molar-refractivity contribution is 0.238. The zero-order chi connectivity index (χ0) is 15.9. The number of urea groups is 1. The molecular weight excluding hydrogens is 287 g/mol. The van der Waals surface area contributed by atoms with E-state index in [1.165, 1.54) is 12.1 Å². The molecular formula is C16H17FN2O3. The van der Waals surface area contributed by atoms with Gasteiger partial charge < -0.3 is 20.5 Å². The molecule has 0 heterocycles.